The summed E-state index contributed by atoms with van der Waals surface area (Å²) in [4.78, 5) is 53.9. The van der Waals surface area contributed by atoms with Gasteiger partial charge < -0.3 is 19.7 Å². The van der Waals surface area contributed by atoms with Crippen molar-refractivity contribution in [1.29, 1.82) is 0 Å². The Labute approximate surface area is 146 Å². The smallest absolute Gasteiger partial charge is 0.347 e. The zero-order valence-corrected chi connectivity index (χ0v) is 13.0. The number of aromatic nitrogens is 2. The summed E-state index contributed by atoms with van der Waals surface area (Å²) < 4.78 is 8.66. The number of carbonyl (C=O) groups is 4. The lowest BCUT2D eigenvalue weighted by atomic mass is 10.2. The van der Waals surface area contributed by atoms with Crippen molar-refractivity contribution >= 4 is 23.9 Å². The van der Waals surface area contributed by atoms with Gasteiger partial charge in [0.15, 0.2) is 12.2 Å². The minimum Gasteiger partial charge on any atom is -0.387 e. The normalized spacial score (nSPS) is 12.5. The van der Waals surface area contributed by atoms with Gasteiger partial charge >= 0.3 is 23.9 Å². The molecule has 0 aliphatic heterocycles. The van der Waals surface area contributed by atoms with E-state index in [0.29, 0.717) is 0 Å². The molecule has 0 aliphatic rings. The van der Waals surface area contributed by atoms with Crippen molar-refractivity contribution in [3.63, 3.8) is 0 Å². The highest BCUT2D eigenvalue weighted by Crippen LogP contribution is 2.06. The number of aliphatic hydroxyl groups is 2. The molecular weight excluding hydrogens is 348 g/mol. The second kappa shape index (κ2) is 8.55. The van der Waals surface area contributed by atoms with Gasteiger partial charge in [-0.2, -0.15) is 0 Å². The van der Waals surface area contributed by atoms with Gasteiger partial charge in [0, 0.05) is 24.8 Å². The minimum absolute atomic E-state index is 0.0862. The van der Waals surface area contributed by atoms with Crippen molar-refractivity contribution < 1.29 is 38.9 Å². The predicted molar refractivity (Wildman–Crippen MR) is 81.3 cm³/mol. The molecule has 2 unspecified atom stereocenters. The molecule has 0 bridgehead atoms. The Balaban J connectivity index is 1.94. The molecular formula is C16H12N2O8. The molecule has 0 saturated carbocycles. The Morgan fingerprint density at radius 3 is 1.46 bits per heavy atom. The quantitative estimate of drug-likeness (QED) is 0.515. The van der Waals surface area contributed by atoms with Crippen molar-refractivity contribution in [3.05, 3.63) is 60.2 Å². The zero-order chi connectivity index (χ0) is 19.1. The number of rotatable bonds is 5. The number of esters is 4. The first-order valence-corrected chi connectivity index (χ1v) is 7.08. The van der Waals surface area contributed by atoms with Crippen LogP contribution >= 0.6 is 0 Å². The lowest BCUT2D eigenvalue weighted by Crippen LogP contribution is -2.43. The second-order valence-corrected chi connectivity index (χ2v) is 4.79. The van der Waals surface area contributed by atoms with Gasteiger partial charge in [-0.25, -0.2) is 19.2 Å². The molecule has 0 aromatic carbocycles. The van der Waals surface area contributed by atoms with Crippen molar-refractivity contribution in [2.75, 3.05) is 0 Å². The summed E-state index contributed by atoms with van der Waals surface area (Å²) >= 11 is 0. The molecule has 2 heterocycles. The summed E-state index contributed by atoms with van der Waals surface area (Å²) in [6.45, 7) is 0. The molecule has 2 rings (SSSR count). The molecule has 2 aromatic rings. The average Bonchev–Trinajstić information content (AvgIpc) is 2.67. The topological polar surface area (TPSA) is 153 Å². The van der Waals surface area contributed by atoms with E-state index in [4.69, 9.17) is 0 Å². The number of nitrogens with zero attached hydrogens (tertiary/aromatic N) is 2. The molecule has 134 valence electrons. The summed E-state index contributed by atoms with van der Waals surface area (Å²) in [6, 6.07) is 5.42. The number of carbonyl (C=O) groups excluding carboxylic acids is 4. The minimum atomic E-state index is -2.44. The van der Waals surface area contributed by atoms with Crippen LogP contribution in [0, 0.1) is 0 Å². The highest BCUT2D eigenvalue weighted by Gasteiger charge is 2.35. The first-order valence-electron chi connectivity index (χ1n) is 7.08. The van der Waals surface area contributed by atoms with Crippen LogP contribution in [-0.4, -0.2) is 56.3 Å². The molecule has 26 heavy (non-hydrogen) atoms. The van der Waals surface area contributed by atoms with Crippen LogP contribution in [0.3, 0.4) is 0 Å². The number of pyridine rings is 2. The van der Waals surface area contributed by atoms with Crippen molar-refractivity contribution in [1.82, 2.24) is 9.97 Å². The number of aliphatic hydroxyl groups excluding tert-OH is 2. The molecule has 0 aliphatic carbocycles. The molecule has 10 nitrogen and oxygen atoms in total. The fraction of sp³-hybridized carbons (Fsp3) is 0.125. The van der Waals surface area contributed by atoms with E-state index in [-0.39, 0.29) is 11.1 Å². The van der Waals surface area contributed by atoms with Gasteiger partial charge in [0.25, 0.3) is 0 Å². The molecule has 2 N–H and O–H groups in total. The Kier molecular flexibility index (Phi) is 6.20. The first-order chi connectivity index (χ1) is 12.4. The highest BCUT2D eigenvalue weighted by molar-refractivity contribution is 6.01. The molecule has 2 aromatic heterocycles. The molecule has 0 spiro atoms. The number of ether oxygens (including phenoxy) is 2. The van der Waals surface area contributed by atoms with E-state index in [1.807, 2.05) is 0 Å². The van der Waals surface area contributed by atoms with Crippen molar-refractivity contribution in [3.8, 4) is 0 Å². The maximum atomic E-state index is 11.7. The Hall–Kier alpha value is -3.50. The lowest BCUT2D eigenvalue weighted by Gasteiger charge is -2.14. The highest BCUT2D eigenvalue weighted by atomic mass is 16.6. The summed E-state index contributed by atoms with van der Waals surface area (Å²) in [6.07, 6.45) is 0.104. The van der Waals surface area contributed by atoms with Gasteiger partial charge in [-0.1, -0.05) is 0 Å². The first kappa shape index (κ1) is 18.8. The molecule has 2 atom stereocenters. The van der Waals surface area contributed by atoms with Crippen LogP contribution in [0.1, 0.15) is 20.7 Å². The number of hydrogen-bond donors (Lipinski definition) is 2. The van der Waals surface area contributed by atoms with Crippen LogP contribution in [-0.2, 0) is 19.1 Å². The summed E-state index contributed by atoms with van der Waals surface area (Å²) in [5.74, 6) is -5.49. The number of hydrogen-bond acceptors (Lipinski definition) is 10. The van der Waals surface area contributed by atoms with E-state index in [1.54, 1.807) is 0 Å². The van der Waals surface area contributed by atoms with Crippen LogP contribution in [0.15, 0.2) is 49.1 Å². The van der Waals surface area contributed by atoms with Crippen molar-refractivity contribution in [2.24, 2.45) is 0 Å². The molecule has 0 radical (unpaired) electrons. The van der Waals surface area contributed by atoms with Gasteiger partial charge in [0.1, 0.15) is 0 Å². The zero-order valence-electron chi connectivity index (χ0n) is 13.0. The Bertz CT molecular complexity index is 740. The van der Waals surface area contributed by atoms with E-state index in [0.717, 1.165) is 12.4 Å². The summed E-state index contributed by atoms with van der Waals surface area (Å²) in [5, 5.41) is 19.2. The molecule has 0 saturated heterocycles. The SMILES string of the molecule is O=C(OC(=O)C(O)C(O)C(=O)OC(=O)c1cccnc1)c1cccnc1. The third-order valence-electron chi connectivity index (χ3n) is 2.96. The van der Waals surface area contributed by atoms with Gasteiger partial charge in [-0.05, 0) is 24.3 Å². The van der Waals surface area contributed by atoms with Gasteiger partial charge in [0.2, 0.25) is 0 Å². The Morgan fingerprint density at radius 2 is 1.15 bits per heavy atom. The van der Waals surface area contributed by atoms with Crippen LogP contribution in [0.2, 0.25) is 0 Å². The molecule has 0 amide bonds. The van der Waals surface area contributed by atoms with E-state index >= 15 is 0 Å². The fourth-order valence-corrected chi connectivity index (χ4v) is 1.65. The van der Waals surface area contributed by atoms with E-state index in [2.05, 4.69) is 19.4 Å². The molecule has 10 heteroatoms. The third kappa shape index (κ3) is 4.75. The van der Waals surface area contributed by atoms with E-state index in [1.165, 1.54) is 36.7 Å². The van der Waals surface area contributed by atoms with Crippen molar-refractivity contribution in [2.45, 2.75) is 12.2 Å². The van der Waals surface area contributed by atoms with Crippen LogP contribution in [0.5, 0.6) is 0 Å². The second-order valence-electron chi connectivity index (χ2n) is 4.79. The lowest BCUT2D eigenvalue weighted by molar-refractivity contribution is -0.166. The predicted octanol–water partition coefficient (Wildman–Crippen LogP) is -0.735. The largest absolute Gasteiger partial charge is 0.387 e. The van der Waals surface area contributed by atoms with Gasteiger partial charge in [-0.15, -0.1) is 0 Å². The maximum Gasteiger partial charge on any atom is 0.347 e. The summed E-state index contributed by atoms with van der Waals surface area (Å²) in [7, 11) is 0. The standard InChI is InChI=1S/C16H12N2O8/c19-11(15(23)25-13(21)9-3-1-5-17-7-9)12(20)16(24)26-14(22)10-4-2-6-18-8-10/h1-8,11-12,19-20H. The maximum absolute atomic E-state index is 11.7. The fourth-order valence-electron chi connectivity index (χ4n) is 1.65. The van der Waals surface area contributed by atoms with E-state index in [9.17, 15) is 29.4 Å². The van der Waals surface area contributed by atoms with E-state index < -0.39 is 36.1 Å². The van der Waals surface area contributed by atoms with Gasteiger partial charge in [0.05, 0.1) is 11.1 Å². The monoisotopic (exact) mass is 360 g/mol. The van der Waals surface area contributed by atoms with Crippen LogP contribution < -0.4 is 0 Å². The third-order valence-corrected chi connectivity index (χ3v) is 2.96. The average molecular weight is 360 g/mol. The Morgan fingerprint density at radius 1 is 0.769 bits per heavy atom. The van der Waals surface area contributed by atoms with Gasteiger partial charge in [-0.3, -0.25) is 9.97 Å². The summed E-state index contributed by atoms with van der Waals surface area (Å²) in [5.41, 5.74) is -0.172. The molecule has 0 fully saturated rings. The van der Waals surface area contributed by atoms with Crippen LogP contribution in [0.25, 0.3) is 0 Å². The van der Waals surface area contributed by atoms with Crippen LogP contribution in [0.4, 0.5) is 0 Å².